The molecule has 24 heavy (non-hydrogen) atoms. The number of nitro groups is 1. The van der Waals surface area contributed by atoms with Crippen molar-refractivity contribution < 1.29 is 14.8 Å². The second kappa shape index (κ2) is 6.40. The van der Waals surface area contributed by atoms with Gasteiger partial charge in [0, 0.05) is 24.9 Å². The monoisotopic (exact) mass is 330 g/mol. The highest BCUT2D eigenvalue weighted by Gasteiger charge is 2.31. The average molecular weight is 330 g/mol. The molecule has 8 heteroatoms. The van der Waals surface area contributed by atoms with E-state index in [2.05, 4.69) is 10.4 Å². The molecule has 1 amide bonds. The number of rotatable bonds is 5. The Hall–Kier alpha value is -2.74. The van der Waals surface area contributed by atoms with Crippen molar-refractivity contribution in [2.24, 2.45) is 0 Å². The summed E-state index contributed by atoms with van der Waals surface area (Å²) < 4.78 is 1.48. The van der Waals surface area contributed by atoms with E-state index >= 15 is 0 Å². The van der Waals surface area contributed by atoms with Crippen LogP contribution in [0.3, 0.4) is 0 Å². The maximum Gasteiger partial charge on any atom is 0.269 e. The fourth-order valence-electron chi connectivity index (χ4n) is 2.87. The molecule has 0 radical (unpaired) electrons. The van der Waals surface area contributed by atoms with E-state index in [0.29, 0.717) is 24.1 Å². The molecule has 0 spiro atoms. The van der Waals surface area contributed by atoms with Gasteiger partial charge in [-0.2, -0.15) is 5.10 Å². The Morgan fingerprint density at radius 2 is 2.00 bits per heavy atom. The predicted octanol–water partition coefficient (Wildman–Crippen LogP) is 1.82. The normalized spacial score (nSPS) is 16.0. The van der Waals surface area contributed by atoms with Crippen LogP contribution in [0.25, 0.3) is 5.69 Å². The van der Waals surface area contributed by atoms with Gasteiger partial charge in [0.2, 0.25) is 0 Å². The van der Waals surface area contributed by atoms with Crippen LogP contribution in [-0.2, 0) is 0 Å². The van der Waals surface area contributed by atoms with Gasteiger partial charge >= 0.3 is 0 Å². The fourth-order valence-corrected chi connectivity index (χ4v) is 2.87. The van der Waals surface area contributed by atoms with Crippen molar-refractivity contribution in [2.75, 3.05) is 6.54 Å². The zero-order chi connectivity index (χ0) is 17.2. The number of carbonyl (C=O) groups excluding carboxylic acids is 1. The lowest BCUT2D eigenvalue weighted by atomic mass is 10.0. The lowest BCUT2D eigenvalue weighted by Gasteiger charge is -2.22. The molecule has 2 aromatic rings. The van der Waals surface area contributed by atoms with Crippen molar-refractivity contribution >= 4 is 11.6 Å². The van der Waals surface area contributed by atoms with Crippen LogP contribution in [0.5, 0.6) is 0 Å². The third-order valence-electron chi connectivity index (χ3n) is 4.28. The molecule has 126 valence electrons. The minimum atomic E-state index is -0.802. The molecule has 3 rings (SSSR count). The van der Waals surface area contributed by atoms with Gasteiger partial charge in [-0.3, -0.25) is 14.9 Å². The smallest absolute Gasteiger partial charge is 0.269 e. The van der Waals surface area contributed by atoms with E-state index in [4.69, 9.17) is 0 Å². The first-order valence-electron chi connectivity index (χ1n) is 7.77. The number of hydrogen-bond donors (Lipinski definition) is 2. The number of hydrogen-bond acceptors (Lipinski definition) is 5. The first-order valence-corrected chi connectivity index (χ1v) is 7.77. The van der Waals surface area contributed by atoms with E-state index in [9.17, 15) is 20.0 Å². The number of carbonyl (C=O) groups is 1. The Morgan fingerprint density at radius 3 is 2.62 bits per heavy atom. The highest BCUT2D eigenvalue weighted by Crippen LogP contribution is 2.28. The number of nitro benzene ring substituents is 1. The minimum Gasteiger partial charge on any atom is -0.388 e. The molecule has 1 aromatic heterocycles. The Kier molecular flexibility index (Phi) is 4.30. The van der Waals surface area contributed by atoms with Crippen LogP contribution in [0.2, 0.25) is 0 Å². The summed E-state index contributed by atoms with van der Waals surface area (Å²) in [6.45, 7) is 0.231. The lowest BCUT2D eigenvalue weighted by Crippen LogP contribution is -2.40. The summed E-state index contributed by atoms with van der Waals surface area (Å²) in [7, 11) is 0. The van der Waals surface area contributed by atoms with E-state index in [1.54, 1.807) is 18.3 Å². The molecule has 0 aliphatic heterocycles. The van der Waals surface area contributed by atoms with Gasteiger partial charge in [0.25, 0.3) is 11.6 Å². The summed E-state index contributed by atoms with van der Waals surface area (Å²) in [6, 6.07) is 5.89. The van der Waals surface area contributed by atoms with Gasteiger partial charge in [-0.05, 0) is 25.0 Å². The maximum absolute atomic E-state index is 12.2. The second-order valence-electron chi connectivity index (χ2n) is 6.06. The predicted molar refractivity (Wildman–Crippen MR) is 86.0 cm³/mol. The molecule has 1 aliphatic rings. The van der Waals surface area contributed by atoms with Crippen LogP contribution < -0.4 is 5.32 Å². The van der Waals surface area contributed by atoms with Crippen LogP contribution in [0.15, 0.2) is 36.7 Å². The SMILES string of the molecule is O=C(NCC1(O)CCCC1)c1cnn(-c2ccc([N+](=O)[O-])cc2)c1. The Bertz CT molecular complexity index is 748. The first-order chi connectivity index (χ1) is 11.5. The molecule has 0 bridgehead atoms. The van der Waals surface area contributed by atoms with Crippen LogP contribution in [0.1, 0.15) is 36.0 Å². The van der Waals surface area contributed by atoms with E-state index in [1.165, 1.54) is 23.0 Å². The summed E-state index contributed by atoms with van der Waals surface area (Å²) in [5, 5.41) is 27.8. The van der Waals surface area contributed by atoms with Crippen molar-refractivity contribution in [3.63, 3.8) is 0 Å². The zero-order valence-corrected chi connectivity index (χ0v) is 13.0. The lowest BCUT2D eigenvalue weighted by molar-refractivity contribution is -0.384. The Balaban J connectivity index is 1.66. The van der Waals surface area contributed by atoms with Crippen LogP contribution in [0, 0.1) is 10.1 Å². The second-order valence-corrected chi connectivity index (χ2v) is 6.06. The minimum absolute atomic E-state index is 0.00585. The van der Waals surface area contributed by atoms with Crippen molar-refractivity contribution in [1.82, 2.24) is 15.1 Å². The average Bonchev–Trinajstić information content (AvgIpc) is 3.23. The molecule has 1 aromatic carbocycles. The fraction of sp³-hybridized carbons (Fsp3) is 0.375. The molecule has 1 heterocycles. The van der Waals surface area contributed by atoms with Crippen molar-refractivity contribution in [2.45, 2.75) is 31.3 Å². The van der Waals surface area contributed by atoms with Crippen molar-refractivity contribution in [3.8, 4) is 5.69 Å². The summed E-state index contributed by atoms with van der Waals surface area (Å²) in [5.74, 6) is -0.302. The standard InChI is InChI=1S/C16H18N4O4/c21-15(17-11-16(22)7-1-2-8-16)12-9-18-19(10-12)13-3-5-14(6-4-13)20(23)24/h3-6,9-10,22H,1-2,7-8,11H2,(H,17,21). The first kappa shape index (κ1) is 16.1. The Morgan fingerprint density at radius 1 is 1.33 bits per heavy atom. The number of nitrogens with one attached hydrogen (secondary N) is 1. The van der Waals surface area contributed by atoms with Gasteiger partial charge in [0.15, 0.2) is 0 Å². The molecule has 1 saturated carbocycles. The van der Waals surface area contributed by atoms with Gasteiger partial charge in [-0.15, -0.1) is 0 Å². The van der Waals surface area contributed by atoms with E-state index in [0.717, 1.165) is 12.8 Å². The topological polar surface area (TPSA) is 110 Å². The quantitative estimate of drug-likeness (QED) is 0.642. The van der Waals surface area contributed by atoms with Gasteiger partial charge in [-0.1, -0.05) is 12.8 Å². The van der Waals surface area contributed by atoms with Crippen LogP contribution >= 0.6 is 0 Å². The number of aliphatic hydroxyl groups is 1. The summed E-state index contributed by atoms with van der Waals surface area (Å²) in [6.07, 6.45) is 6.34. The van der Waals surface area contributed by atoms with Gasteiger partial charge in [-0.25, -0.2) is 4.68 Å². The van der Waals surface area contributed by atoms with Crippen LogP contribution in [0.4, 0.5) is 5.69 Å². The molecular weight excluding hydrogens is 312 g/mol. The number of aromatic nitrogens is 2. The molecule has 1 fully saturated rings. The summed E-state index contributed by atoms with van der Waals surface area (Å²) in [4.78, 5) is 22.4. The largest absolute Gasteiger partial charge is 0.388 e. The third-order valence-corrected chi connectivity index (χ3v) is 4.28. The highest BCUT2D eigenvalue weighted by molar-refractivity contribution is 5.93. The molecule has 0 atom stereocenters. The summed E-state index contributed by atoms with van der Waals surface area (Å²) >= 11 is 0. The number of non-ortho nitro benzene ring substituents is 1. The number of amides is 1. The third kappa shape index (κ3) is 3.43. The van der Waals surface area contributed by atoms with E-state index in [1.807, 2.05) is 0 Å². The Labute approximate surface area is 138 Å². The van der Waals surface area contributed by atoms with Gasteiger partial charge in [0.05, 0.1) is 28.0 Å². The number of nitrogens with zero attached hydrogens (tertiary/aromatic N) is 3. The molecule has 0 unspecified atom stereocenters. The molecule has 2 N–H and O–H groups in total. The summed E-state index contributed by atoms with van der Waals surface area (Å²) in [5.41, 5.74) is 0.182. The number of benzene rings is 1. The van der Waals surface area contributed by atoms with Crippen molar-refractivity contribution in [3.05, 3.63) is 52.3 Å². The van der Waals surface area contributed by atoms with Gasteiger partial charge < -0.3 is 10.4 Å². The van der Waals surface area contributed by atoms with E-state index < -0.39 is 10.5 Å². The molecule has 1 aliphatic carbocycles. The molecular formula is C16H18N4O4. The highest BCUT2D eigenvalue weighted by atomic mass is 16.6. The van der Waals surface area contributed by atoms with Crippen LogP contribution in [-0.4, -0.2) is 37.9 Å². The van der Waals surface area contributed by atoms with Gasteiger partial charge in [0.1, 0.15) is 0 Å². The van der Waals surface area contributed by atoms with E-state index in [-0.39, 0.29) is 18.1 Å². The molecule has 8 nitrogen and oxygen atoms in total. The van der Waals surface area contributed by atoms with Crippen molar-refractivity contribution in [1.29, 1.82) is 0 Å². The molecule has 0 saturated heterocycles. The maximum atomic E-state index is 12.2. The zero-order valence-electron chi connectivity index (χ0n) is 13.0.